The Bertz CT molecular complexity index is 1150. The Kier molecular flexibility index (Phi) is 5.67. The highest BCUT2D eigenvalue weighted by molar-refractivity contribution is 9.10. The molecule has 0 saturated carbocycles. The van der Waals surface area contributed by atoms with Gasteiger partial charge in [-0.3, -0.25) is 4.79 Å². The molecule has 7 heteroatoms. The van der Waals surface area contributed by atoms with Crippen molar-refractivity contribution in [1.29, 1.82) is 0 Å². The second kappa shape index (κ2) is 8.70. The molecular formula is C22H18BrN5O. The Hall–Kier alpha value is -3.45. The molecule has 0 saturated heterocycles. The summed E-state index contributed by atoms with van der Waals surface area (Å²) in [6.45, 7) is 0.553. The van der Waals surface area contributed by atoms with E-state index in [-0.39, 0.29) is 5.91 Å². The normalized spacial score (nSPS) is 11.1. The van der Waals surface area contributed by atoms with Crippen LogP contribution >= 0.6 is 15.9 Å². The van der Waals surface area contributed by atoms with Crippen LogP contribution in [0, 0.1) is 0 Å². The van der Waals surface area contributed by atoms with Crippen LogP contribution in [0.15, 0.2) is 89.8 Å². The van der Waals surface area contributed by atoms with Gasteiger partial charge < -0.3 is 5.32 Å². The molecule has 0 radical (unpaired) electrons. The maximum atomic E-state index is 12.4. The van der Waals surface area contributed by atoms with Crippen molar-refractivity contribution in [1.82, 2.24) is 19.6 Å². The first kappa shape index (κ1) is 18.9. The first-order valence-corrected chi connectivity index (χ1v) is 9.83. The van der Waals surface area contributed by atoms with Crippen LogP contribution in [0.4, 0.5) is 5.82 Å². The van der Waals surface area contributed by atoms with Crippen LogP contribution in [-0.2, 0) is 11.3 Å². The SMILES string of the molecule is O=C(/C=C/c1cnn(-c2ccccc2)c1)Nc1ccnn1Cc1ccccc1Br. The standard InChI is InChI=1S/C22H18BrN5O/c23-20-9-5-4-6-18(20)16-28-21(12-13-24-28)26-22(29)11-10-17-14-25-27(15-17)19-7-2-1-3-8-19/h1-15H,16H2,(H,26,29)/b11-10+. The van der Waals surface area contributed by atoms with Gasteiger partial charge in [0.25, 0.3) is 0 Å². The number of rotatable bonds is 6. The molecule has 1 N–H and O–H groups in total. The fourth-order valence-electron chi connectivity index (χ4n) is 2.84. The molecule has 4 rings (SSSR count). The maximum absolute atomic E-state index is 12.4. The number of aromatic nitrogens is 4. The lowest BCUT2D eigenvalue weighted by atomic mass is 10.2. The number of carbonyl (C=O) groups excluding carboxylic acids is 1. The topological polar surface area (TPSA) is 64.7 Å². The van der Waals surface area contributed by atoms with E-state index in [0.717, 1.165) is 21.3 Å². The zero-order valence-corrected chi connectivity index (χ0v) is 17.0. The van der Waals surface area contributed by atoms with Crippen molar-refractivity contribution >= 4 is 33.7 Å². The Balaban J connectivity index is 1.41. The van der Waals surface area contributed by atoms with E-state index < -0.39 is 0 Å². The van der Waals surface area contributed by atoms with Crippen LogP contribution in [0.3, 0.4) is 0 Å². The van der Waals surface area contributed by atoms with E-state index in [1.54, 1.807) is 33.9 Å². The van der Waals surface area contributed by atoms with Gasteiger partial charge in [-0.15, -0.1) is 0 Å². The molecule has 2 heterocycles. The lowest BCUT2D eigenvalue weighted by Crippen LogP contribution is -2.14. The molecule has 0 unspecified atom stereocenters. The van der Waals surface area contributed by atoms with Gasteiger partial charge in [0.2, 0.25) is 5.91 Å². The molecule has 0 bridgehead atoms. The Morgan fingerprint density at radius 1 is 1.03 bits per heavy atom. The predicted molar refractivity (Wildman–Crippen MR) is 117 cm³/mol. The van der Waals surface area contributed by atoms with Crippen molar-refractivity contribution in [3.8, 4) is 5.69 Å². The summed E-state index contributed by atoms with van der Waals surface area (Å²) in [5.74, 6) is 0.404. The van der Waals surface area contributed by atoms with Crippen LogP contribution in [0.25, 0.3) is 11.8 Å². The largest absolute Gasteiger partial charge is 0.307 e. The smallest absolute Gasteiger partial charge is 0.249 e. The zero-order chi connectivity index (χ0) is 20.1. The molecule has 144 valence electrons. The van der Waals surface area contributed by atoms with Gasteiger partial charge in [-0.1, -0.05) is 52.3 Å². The number of nitrogens with zero attached hydrogens (tertiary/aromatic N) is 4. The summed E-state index contributed by atoms with van der Waals surface area (Å²) in [4.78, 5) is 12.4. The van der Waals surface area contributed by atoms with Crippen molar-refractivity contribution in [2.75, 3.05) is 5.32 Å². The summed E-state index contributed by atoms with van der Waals surface area (Å²) in [6.07, 6.45) is 8.47. The predicted octanol–water partition coefficient (Wildman–Crippen LogP) is 4.53. The van der Waals surface area contributed by atoms with Crippen LogP contribution in [0.2, 0.25) is 0 Å². The molecule has 4 aromatic rings. The molecule has 0 aliphatic rings. The minimum atomic E-state index is -0.230. The third kappa shape index (κ3) is 4.70. The van der Waals surface area contributed by atoms with E-state index in [4.69, 9.17) is 0 Å². The summed E-state index contributed by atoms with van der Waals surface area (Å²) in [6, 6.07) is 19.5. The first-order valence-electron chi connectivity index (χ1n) is 9.03. The quantitative estimate of drug-likeness (QED) is 0.441. The average Bonchev–Trinajstić information content (AvgIpc) is 3.39. The summed E-state index contributed by atoms with van der Waals surface area (Å²) in [7, 11) is 0. The summed E-state index contributed by atoms with van der Waals surface area (Å²) >= 11 is 3.54. The molecule has 0 fully saturated rings. The summed E-state index contributed by atoms with van der Waals surface area (Å²) in [5, 5.41) is 11.5. The third-order valence-electron chi connectivity index (χ3n) is 4.30. The molecule has 0 aliphatic heterocycles. The minimum Gasteiger partial charge on any atom is -0.307 e. The lowest BCUT2D eigenvalue weighted by Gasteiger charge is -2.09. The van der Waals surface area contributed by atoms with Gasteiger partial charge in [0.15, 0.2) is 0 Å². The number of para-hydroxylation sites is 1. The maximum Gasteiger partial charge on any atom is 0.249 e. The van der Waals surface area contributed by atoms with E-state index in [0.29, 0.717) is 12.4 Å². The number of nitrogens with one attached hydrogen (secondary N) is 1. The zero-order valence-electron chi connectivity index (χ0n) is 15.4. The number of benzene rings is 2. The highest BCUT2D eigenvalue weighted by Gasteiger charge is 2.08. The van der Waals surface area contributed by atoms with Gasteiger partial charge in [0.05, 0.1) is 24.6 Å². The van der Waals surface area contributed by atoms with Crippen molar-refractivity contribution < 1.29 is 4.79 Å². The fourth-order valence-corrected chi connectivity index (χ4v) is 3.25. The van der Waals surface area contributed by atoms with E-state index in [9.17, 15) is 4.79 Å². The van der Waals surface area contributed by atoms with Gasteiger partial charge in [-0.05, 0) is 29.8 Å². The number of hydrogen-bond donors (Lipinski definition) is 1. The first-order chi connectivity index (χ1) is 14.2. The number of carbonyl (C=O) groups is 1. The van der Waals surface area contributed by atoms with E-state index >= 15 is 0 Å². The Morgan fingerprint density at radius 3 is 2.66 bits per heavy atom. The number of hydrogen-bond acceptors (Lipinski definition) is 3. The van der Waals surface area contributed by atoms with Gasteiger partial charge in [0.1, 0.15) is 5.82 Å². The number of halogens is 1. The monoisotopic (exact) mass is 447 g/mol. The molecule has 0 atom stereocenters. The summed E-state index contributed by atoms with van der Waals surface area (Å²) < 4.78 is 4.52. The Morgan fingerprint density at radius 2 is 1.83 bits per heavy atom. The van der Waals surface area contributed by atoms with E-state index in [1.807, 2.05) is 60.8 Å². The summed E-state index contributed by atoms with van der Waals surface area (Å²) in [5.41, 5.74) is 2.88. The van der Waals surface area contributed by atoms with Gasteiger partial charge in [-0.2, -0.15) is 10.2 Å². The van der Waals surface area contributed by atoms with Gasteiger partial charge in [0, 0.05) is 28.4 Å². The van der Waals surface area contributed by atoms with Crippen molar-refractivity contribution in [2.24, 2.45) is 0 Å². The van der Waals surface area contributed by atoms with Crippen LogP contribution in [0.1, 0.15) is 11.1 Å². The van der Waals surface area contributed by atoms with Crippen LogP contribution in [-0.4, -0.2) is 25.5 Å². The second-order valence-electron chi connectivity index (χ2n) is 6.34. The molecule has 0 spiro atoms. The molecule has 1 amide bonds. The number of anilines is 1. The van der Waals surface area contributed by atoms with Crippen LogP contribution in [0.5, 0.6) is 0 Å². The molecule has 2 aromatic carbocycles. The highest BCUT2D eigenvalue weighted by Crippen LogP contribution is 2.19. The third-order valence-corrected chi connectivity index (χ3v) is 5.07. The van der Waals surface area contributed by atoms with Gasteiger partial charge >= 0.3 is 0 Å². The fraction of sp³-hybridized carbons (Fsp3) is 0.0455. The molecule has 2 aromatic heterocycles. The minimum absolute atomic E-state index is 0.230. The van der Waals surface area contributed by atoms with Crippen LogP contribution < -0.4 is 5.32 Å². The van der Waals surface area contributed by atoms with E-state index in [1.165, 1.54) is 6.08 Å². The molecule has 0 aliphatic carbocycles. The molecular weight excluding hydrogens is 430 g/mol. The van der Waals surface area contributed by atoms with Crippen molar-refractivity contribution in [3.63, 3.8) is 0 Å². The average molecular weight is 448 g/mol. The van der Waals surface area contributed by atoms with E-state index in [2.05, 4.69) is 31.4 Å². The Labute approximate surface area is 176 Å². The molecule has 6 nitrogen and oxygen atoms in total. The second-order valence-corrected chi connectivity index (χ2v) is 7.20. The van der Waals surface area contributed by atoms with Crippen molar-refractivity contribution in [2.45, 2.75) is 6.54 Å². The van der Waals surface area contributed by atoms with Crippen molar-refractivity contribution in [3.05, 3.63) is 101 Å². The highest BCUT2D eigenvalue weighted by atomic mass is 79.9. The molecule has 29 heavy (non-hydrogen) atoms. The van der Waals surface area contributed by atoms with Gasteiger partial charge in [-0.25, -0.2) is 9.36 Å². The lowest BCUT2D eigenvalue weighted by molar-refractivity contribution is -0.111. The number of amides is 1.